The summed E-state index contributed by atoms with van der Waals surface area (Å²) in [5.74, 6) is -0.651. The Labute approximate surface area is 66.0 Å². The Bertz CT molecular complexity index is 177. The number of ketones is 2. The van der Waals surface area contributed by atoms with Crippen molar-refractivity contribution < 1.29 is 9.59 Å². The minimum atomic E-state index is -0.525. The highest BCUT2D eigenvalue weighted by Gasteiger charge is 2.22. The molecule has 0 bridgehead atoms. The quantitative estimate of drug-likeness (QED) is 0.515. The predicted octanol–water partition coefficient (Wildman–Crippen LogP) is 0.416. The van der Waals surface area contributed by atoms with E-state index in [-0.39, 0.29) is 11.6 Å². The molecule has 3 nitrogen and oxygen atoms in total. The van der Waals surface area contributed by atoms with Crippen molar-refractivity contribution in [1.82, 2.24) is 0 Å². The van der Waals surface area contributed by atoms with E-state index < -0.39 is 6.04 Å². The van der Waals surface area contributed by atoms with Gasteiger partial charge in [0.15, 0.2) is 5.78 Å². The zero-order chi connectivity index (χ0) is 8.27. The number of Topliss-reactive ketones (excluding diaryl/α,β-unsaturated/α-hetero) is 2. The molecule has 2 N–H and O–H groups in total. The van der Waals surface area contributed by atoms with Crippen LogP contribution < -0.4 is 5.73 Å². The fourth-order valence-corrected chi connectivity index (χ4v) is 1.29. The van der Waals surface area contributed by atoms with Gasteiger partial charge in [0.1, 0.15) is 0 Å². The van der Waals surface area contributed by atoms with E-state index in [4.69, 9.17) is 5.73 Å². The lowest BCUT2D eigenvalue weighted by Gasteiger charge is -2.12. The zero-order valence-corrected chi connectivity index (χ0v) is 6.51. The van der Waals surface area contributed by atoms with Gasteiger partial charge >= 0.3 is 0 Å². The summed E-state index contributed by atoms with van der Waals surface area (Å²) in [5, 5.41) is 0. The van der Waals surface area contributed by atoms with Gasteiger partial charge in [-0.15, -0.1) is 0 Å². The molecule has 1 rings (SSSR count). The van der Waals surface area contributed by atoms with Crippen LogP contribution in [0.15, 0.2) is 0 Å². The molecule has 0 aromatic carbocycles. The maximum Gasteiger partial charge on any atom is 0.214 e. The number of hydrogen-bond donors (Lipinski definition) is 1. The fraction of sp³-hybridized carbons (Fsp3) is 0.750. The average Bonchev–Trinajstić information content (AvgIpc) is 2.00. The lowest BCUT2D eigenvalue weighted by molar-refractivity contribution is -0.137. The van der Waals surface area contributed by atoms with Gasteiger partial charge in [0.2, 0.25) is 5.78 Å². The summed E-state index contributed by atoms with van der Waals surface area (Å²) in [6.45, 7) is 0. The Morgan fingerprint density at radius 1 is 1.18 bits per heavy atom. The highest BCUT2D eigenvalue weighted by molar-refractivity contribution is 6.39. The predicted molar refractivity (Wildman–Crippen MR) is 41.1 cm³/mol. The minimum absolute atomic E-state index is 0.280. The Morgan fingerprint density at radius 2 is 1.91 bits per heavy atom. The molecule has 0 aromatic rings. The molecule has 3 heteroatoms. The Balaban J connectivity index is 2.56. The second kappa shape index (κ2) is 3.62. The molecule has 0 radical (unpaired) electrons. The molecule has 1 unspecified atom stereocenters. The van der Waals surface area contributed by atoms with Crippen molar-refractivity contribution in [2.45, 2.75) is 38.1 Å². The number of carbonyl (C=O) groups excluding carboxylic acids is 2. The third-order valence-electron chi connectivity index (χ3n) is 2.03. The summed E-state index contributed by atoms with van der Waals surface area (Å²) in [7, 11) is 0. The fourth-order valence-electron chi connectivity index (χ4n) is 1.29. The molecule has 0 heterocycles. The van der Waals surface area contributed by atoms with Crippen LogP contribution in [0.3, 0.4) is 0 Å². The van der Waals surface area contributed by atoms with Gasteiger partial charge < -0.3 is 5.73 Å². The van der Waals surface area contributed by atoms with Crippen molar-refractivity contribution in [2.75, 3.05) is 0 Å². The molecule has 1 atom stereocenters. The van der Waals surface area contributed by atoms with Crippen LogP contribution in [0.2, 0.25) is 0 Å². The van der Waals surface area contributed by atoms with Gasteiger partial charge in [-0.1, -0.05) is 12.8 Å². The van der Waals surface area contributed by atoms with E-state index in [1.54, 1.807) is 0 Å². The van der Waals surface area contributed by atoms with E-state index in [1.807, 2.05) is 0 Å². The molecule has 1 aliphatic carbocycles. The first-order valence-electron chi connectivity index (χ1n) is 4.04. The average molecular weight is 155 g/mol. The summed E-state index contributed by atoms with van der Waals surface area (Å²) >= 11 is 0. The standard InChI is InChI=1S/C8H13NO2/c9-6-4-2-1-3-5-7(10)8(6)11/h6H,1-5,9H2. The molecule has 0 saturated heterocycles. The molecule has 1 saturated carbocycles. The van der Waals surface area contributed by atoms with Crippen LogP contribution in [-0.2, 0) is 9.59 Å². The van der Waals surface area contributed by atoms with Crippen molar-refractivity contribution in [1.29, 1.82) is 0 Å². The van der Waals surface area contributed by atoms with Gasteiger partial charge in [-0.3, -0.25) is 9.59 Å². The SMILES string of the molecule is NC1CCCCCC(=O)C1=O. The van der Waals surface area contributed by atoms with Gasteiger partial charge in [-0.05, 0) is 12.8 Å². The van der Waals surface area contributed by atoms with E-state index in [2.05, 4.69) is 0 Å². The van der Waals surface area contributed by atoms with Gasteiger partial charge in [-0.2, -0.15) is 0 Å². The van der Waals surface area contributed by atoms with Crippen LogP contribution in [0.5, 0.6) is 0 Å². The lowest BCUT2D eigenvalue weighted by Crippen LogP contribution is -2.36. The van der Waals surface area contributed by atoms with E-state index >= 15 is 0 Å². The van der Waals surface area contributed by atoms with Crippen molar-refractivity contribution in [2.24, 2.45) is 5.73 Å². The molecule has 0 amide bonds. The topological polar surface area (TPSA) is 60.2 Å². The Kier molecular flexibility index (Phi) is 2.76. The normalized spacial score (nSPS) is 27.9. The zero-order valence-electron chi connectivity index (χ0n) is 6.51. The first-order valence-corrected chi connectivity index (χ1v) is 4.04. The summed E-state index contributed by atoms with van der Waals surface area (Å²) in [6.07, 6.45) is 3.90. The van der Waals surface area contributed by atoms with Crippen molar-refractivity contribution >= 4 is 11.6 Å². The molecular weight excluding hydrogens is 142 g/mol. The largest absolute Gasteiger partial charge is 0.321 e. The van der Waals surface area contributed by atoms with E-state index in [9.17, 15) is 9.59 Å². The van der Waals surface area contributed by atoms with Crippen LogP contribution in [0.25, 0.3) is 0 Å². The van der Waals surface area contributed by atoms with E-state index in [0.717, 1.165) is 19.3 Å². The molecule has 0 spiro atoms. The van der Waals surface area contributed by atoms with Crippen LogP contribution in [0.4, 0.5) is 0 Å². The third kappa shape index (κ3) is 2.12. The van der Waals surface area contributed by atoms with Crippen LogP contribution in [0, 0.1) is 0 Å². The summed E-state index contributed by atoms with van der Waals surface area (Å²) in [4.78, 5) is 22.0. The molecular formula is C8H13NO2. The molecule has 62 valence electrons. The maximum atomic E-state index is 11.0. The molecule has 0 aliphatic heterocycles. The molecule has 1 fully saturated rings. The van der Waals surface area contributed by atoms with Gasteiger partial charge in [0.25, 0.3) is 0 Å². The summed E-state index contributed by atoms with van der Waals surface area (Å²) < 4.78 is 0. The third-order valence-corrected chi connectivity index (χ3v) is 2.03. The maximum absolute atomic E-state index is 11.0. The Hall–Kier alpha value is -0.700. The summed E-state index contributed by atoms with van der Waals surface area (Å²) in [6, 6.07) is -0.525. The number of rotatable bonds is 0. The number of hydrogen-bond acceptors (Lipinski definition) is 3. The lowest BCUT2D eigenvalue weighted by atomic mass is 9.95. The van der Waals surface area contributed by atoms with Crippen molar-refractivity contribution in [3.05, 3.63) is 0 Å². The van der Waals surface area contributed by atoms with Crippen LogP contribution in [-0.4, -0.2) is 17.6 Å². The number of nitrogens with two attached hydrogens (primary N) is 1. The second-order valence-corrected chi connectivity index (χ2v) is 2.99. The second-order valence-electron chi connectivity index (χ2n) is 2.99. The minimum Gasteiger partial charge on any atom is -0.321 e. The van der Waals surface area contributed by atoms with Crippen LogP contribution in [0.1, 0.15) is 32.1 Å². The Morgan fingerprint density at radius 3 is 2.64 bits per heavy atom. The first kappa shape index (κ1) is 8.40. The van der Waals surface area contributed by atoms with Gasteiger partial charge in [0.05, 0.1) is 6.04 Å². The van der Waals surface area contributed by atoms with Crippen molar-refractivity contribution in [3.8, 4) is 0 Å². The smallest absolute Gasteiger partial charge is 0.214 e. The monoisotopic (exact) mass is 155 g/mol. The summed E-state index contributed by atoms with van der Waals surface area (Å²) in [5.41, 5.74) is 5.47. The van der Waals surface area contributed by atoms with E-state index in [1.165, 1.54) is 0 Å². The molecule has 1 aliphatic rings. The number of carbonyl (C=O) groups is 2. The first-order chi connectivity index (χ1) is 5.22. The van der Waals surface area contributed by atoms with E-state index in [0.29, 0.717) is 12.8 Å². The van der Waals surface area contributed by atoms with Gasteiger partial charge in [0, 0.05) is 6.42 Å². The van der Waals surface area contributed by atoms with Crippen molar-refractivity contribution in [3.63, 3.8) is 0 Å². The van der Waals surface area contributed by atoms with Crippen LogP contribution >= 0.6 is 0 Å². The highest BCUT2D eigenvalue weighted by Crippen LogP contribution is 2.10. The molecule has 0 aromatic heterocycles. The van der Waals surface area contributed by atoms with Gasteiger partial charge in [-0.25, -0.2) is 0 Å². The highest BCUT2D eigenvalue weighted by atomic mass is 16.2. The molecule has 11 heavy (non-hydrogen) atoms.